The fourth-order valence-corrected chi connectivity index (χ4v) is 1.53. The molecule has 20 heavy (non-hydrogen) atoms. The number of amides is 1. The van der Waals surface area contributed by atoms with Gasteiger partial charge in [0.2, 0.25) is 5.95 Å². The van der Waals surface area contributed by atoms with Gasteiger partial charge in [0.05, 0.1) is 5.56 Å². The van der Waals surface area contributed by atoms with Crippen molar-refractivity contribution < 1.29 is 9.32 Å². The molecule has 0 aliphatic rings. The molecule has 0 aliphatic carbocycles. The Balaban J connectivity index is 1.93. The van der Waals surface area contributed by atoms with Crippen LogP contribution >= 0.6 is 0 Å². The quantitative estimate of drug-likeness (QED) is 0.785. The number of unbranched alkanes of at least 4 members (excludes halogenated alkanes) is 1. The molecule has 2 aromatic rings. The van der Waals surface area contributed by atoms with Crippen LogP contribution in [0.1, 0.15) is 35.9 Å². The highest BCUT2D eigenvalue weighted by Gasteiger charge is 2.10. The van der Waals surface area contributed by atoms with Crippen molar-refractivity contribution >= 4 is 17.7 Å². The third-order valence-corrected chi connectivity index (χ3v) is 2.60. The third-order valence-electron chi connectivity index (χ3n) is 2.60. The van der Waals surface area contributed by atoms with E-state index in [-0.39, 0.29) is 5.91 Å². The van der Waals surface area contributed by atoms with Crippen molar-refractivity contribution in [2.75, 3.05) is 17.2 Å². The fourth-order valence-electron chi connectivity index (χ4n) is 1.53. The average Bonchev–Trinajstić information content (AvgIpc) is 2.85. The van der Waals surface area contributed by atoms with E-state index >= 15 is 0 Å². The van der Waals surface area contributed by atoms with Gasteiger partial charge in [0.1, 0.15) is 5.76 Å². The molecule has 7 nitrogen and oxygen atoms in total. The van der Waals surface area contributed by atoms with Gasteiger partial charge in [0.25, 0.3) is 5.91 Å². The third kappa shape index (κ3) is 3.78. The molecule has 2 aromatic heterocycles. The van der Waals surface area contributed by atoms with Crippen molar-refractivity contribution in [2.24, 2.45) is 0 Å². The molecule has 0 aliphatic heterocycles. The zero-order chi connectivity index (χ0) is 14.4. The smallest absolute Gasteiger partial charge is 0.260 e. The van der Waals surface area contributed by atoms with E-state index in [1.807, 2.05) is 0 Å². The van der Waals surface area contributed by atoms with Gasteiger partial charge in [-0.15, -0.1) is 0 Å². The lowest BCUT2D eigenvalue weighted by molar-refractivity contribution is 0.102. The van der Waals surface area contributed by atoms with Crippen molar-refractivity contribution in [3.8, 4) is 0 Å². The minimum atomic E-state index is -0.321. The Morgan fingerprint density at radius 1 is 1.35 bits per heavy atom. The van der Waals surface area contributed by atoms with Crippen LogP contribution < -0.4 is 10.6 Å². The molecule has 2 N–H and O–H groups in total. The molecule has 0 atom stereocenters. The van der Waals surface area contributed by atoms with Crippen LogP contribution in [0.2, 0.25) is 0 Å². The van der Waals surface area contributed by atoms with Gasteiger partial charge in [-0.3, -0.25) is 4.79 Å². The highest BCUT2D eigenvalue weighted by Crippen LogP contribution is 2.09. The molecule has 7 heteroatoms. The Labute approximate surface area is 116 Å². The number of rotatable bonds is 6. The second-order valence-electron chi connectivity index (χ2n) is 4.35. The molecule has 0 unspecified atom stereocenters. The summed E-state index contributed by atoms with van der Waals surface area (Å²) in [5.74, 6) is 1.20. The molecule has 2 rings (SSSR count). The maximum Gasteiger partial charge on any atom is 0.260 e. The lowest BCUT2D eigenvalue weighted by Crippen LogP contribution is -2.13. The minimum absolute atomic E-state index is 0.321. The average molecular weight is 275 g/mol. The summed E-state index contributed by atoms with van der Waals surface area (Å²) in [4.78, 5) is 20.1. The van der Waals surface area contributed by atoms with Crippen molar-refractivity contribution in [3.63, 3.8) is 0 Å². The van der Waals surface area contributed by atoms with Gasteiger partial charge in [-0.2, -0.15) is 0 Å². The van der Waals surface area contributed by atoms with E-state index in [4.69, 9.17) is 4.52 Å². The summed E-state index contributed by atoms with van der Waals surface area (Å²) in [7, 11) is 0. The van der Waals surface area contributed by atoms with Crippen LogP contribution in [0.3, 0.4) is 0 Å². The zero-order valence-corrected chi connectivity index (χ0v) is 11.5. The number of aromatic nitrogens is 3. The first kappa shape index (κ1) is 14.0. The molecule has 1 amide bonds. The van der Waals surface area contributed by atoms with Gasteiger partial charge in [0.15, 0.2) is 5.82 Å². The largest absolute Gasteiger partial charge is 0.360 e. The molecule has 106 valence electrons. The van der Waals surface area contributed by atoms with Crippen LogP contribution in [-0.2, 0) is 0 Å². The van der Waals surface area contributed by atoms with Crippen LogP contribution in [0.15, 0.2) is 23.0 Å². The molecule has 0 bridgehead atoms. The summed E-state index contributed by atoms with van der Waals surface area (Å²) in [6, 6.07) is 1.64. The van der Waals surface area contributed by atoms with Crippen LogP contribution in [0, 0.1) is 6.92 Å². The number of nitrogens with zero attached hydrogens (tertiary/aromatic N) is 3. The Morgan fingerprint density at radius 2 is 2.10 bits per heavy atom. The lowest BCUT2D eigenvalue weighted by Gasteiger charge is -2.04. The number of hydrogen-bond acceptors (Lipinski definition) is 6. The second-order valence-corrected chi connectivity index (χ2v) is 4.35. The molecule has 0 spiro atoms. The number of nitrogens with one attached hydrogen (secondary N) is 2. The van der Waals surface area contributed by atoms with Crippen molar-refractivity contribution in [2.45, 2.75) is 26.7 Å². The van der Waals surface area contributed by atoms with Gasteiger partial charge in [-0.05, 0) is 13.3 Å². The standard InChI is InChI=1S/C13H17N5O2/c1-3-4-5-14-13-15-7-10(8-16-13)12(19)17-11-6-9(2)20-18-11/h6-8H,3-5H2,1-2H3,(H,14,15,16)(H,17,18,19). The summed E-state index contributed by atoms with van der Waals surface area (Å²) in [5, 5.41) is 9.38. The predicted octanol–water partition coefficient (Wildman–Crippen LogP) is 2.24. The van der Waals surface area contributed by atoms with E-state index in [2.05, 4.69) is 32.7 Å². The summed E-state index contributed by atoms with van der Waals surface area (Å²) < 4.78 is 4.87. The second kappa shape index (κ2) is 6.65. The number of carbonyl (C=O) groups is 1. The summed E-state index contributed by atoms with van der Waals surface area (Å²) in [5.41, 5.74) is 0.367. The SMILES string of the molecule is CCCCNc1ncc(C(=O)Nc2cc(C)on2)cn1. The highest BCUT2D eigenvalue weighted by molar-refractivity contribution is 6.03. The van der Waals surface area contributed by atoms with Gasteiger partial charge in [-0.1, -0.05) is 18.5 Å². The van der Waals surface area contributed by atoms with Gasteiger partial charge in [0, 0.05) is 25.0 Å². The van der Waals surface area contributed by atoms with E-state index in [9.17, 15) is 4.79 Å². The van der Waals surface area contributed by atoms with E-state index in [0.717, 1.165) is 19.4 Å². The minimum Gasteiger partial charge on any atom is -0.360 e. The van der Waals surface area contributed by atoms with Gasteiger partial charge >= 0.3 is 0 Å². The van der Waals surface area contributed by atoms with Crippen LogP contribution in [0.4, 0.5) is 11.8 Å². The first-order valence-corrected chi connectivity index (χ1v) is 6.49. The van der Waals surface area contributed by atoms with Crippen LogP contribution in [0.25, 0.3) is 0 Å². The van der Waals surface area contributed by atoms with Crippen molar-refractivity contribution in [1.82, 2.24) is 15.1 Å². The topological polar surface area (TPSA) is 92.9 Å². The predicted molar refractivity (Wildman–Crippen MR) is 74.6 cm³/mol. The Morgan fingerprint density at radius 3 is 2.70 bits per heavy atom. The van der Waals surface area contributed by atoms with E-state index in [0.29, 0.717) is 23.1 Å². The zero-order valence-electron chi connectivity index (χ0n) is 11.5. The number of aryl methyl sites for hydroxylation is 1. The van der Waals surface area contributed by atoms with E-state index < -0.39 is 0 Å². The summed E-state index contributed by atoms with van der Waals surface area (Å²) in [6.45, 7) is 4.68. The molecule has 0 saturated heterocycles. The monoisotopic (exact) mass is 275 g/mol. The maximum absolute atomic E-state index is 11.9. The molecular weight excluding hydrogens is 258 g/mol. The number of anilines is 2. The first-order chi connectivity index (χ1) is 9.69. The molecule has 0 fully saturated rings. The molecule has 0 saturated carbocycles. The van der Waals surface area contributed by atoms with Gasteiger partial charge < -0.3 is 15.2 Å². The van der Waals surface area contributed by atoms with Gasteiger partial charge in [-0.25, -0.2) is 9.97 Å². The molecule has 0 aromatic carbocycles. The Bertz CT molecular complexity index is 564. The number of hydrogen-bond donors (Lipinski definition) is 2. The summed E-state index contributed by atoms with van der Waals surface area (Å²) >= 11 is 0. The van der Waals surface area contributed by atoms with E-state index in [1.54, 1.807) is 13.0 Å². The fraction of sp³-hybridized carbons (Fsp3) is 0.385. The molecular formula is C13H17N5O2. The first-order valence-electron chi connectivity index (χ1n) is 6.49. The normalized spacial score (nSPS) is 10.3. The molecule has 0 radical (unpaired) electrons. The molecule has 2 heterocycles. The van der Waals surface area contributed by atoms with Crippen LogP contribution in [0.5, 0.6) is 0 Å². The lowest BCUT2D eigenvalue weighted by atomic mass is 10.3. The van der Waals surface area contributed by atoms with E-state index in [1.165, 1.54) is 12.4 Å². The van der Waals surface area contributed by atoms with Crippen molar-refractivity contribution in [3.05, 3.63) is 29.8 Å². The maximum atomic E-state index is 11.9. The van der Waals surface area contributed by atoms with Crippen molar-refractivity contribution in [1.29, 1.82) is 0 Å². The summed E-state index contributed by atoms with van der Waals surface area (Å²) in [6.07, 6.45) is 5.11. The number of carbonyl (C=O) groups excluding carboxylic acids is 1. The Kier molecular flexibility index (Phi) is 4.65. The Hall–Kier alpha value is -2.44. The highest BCUT2D eigenvalue weighted by atomic mass is 16.5. The van der Waals surface area contributed by atoms with Crippen LogP contribution in [-0.4, -0.2) is 27.6 Å².